The zero-order chi connectivity index (χ0) is 18.2. The summed E-state index contributed by atoms with van der Waals surface area (Å²) in [6, 6.07) is 2.99. The number of hydrogen-bond acceptors (Lipinski definition) is 4. The first kappa shape index (κ1) is 17.6. The van der Waals surface area contributed by atoms with Crippen molar-refractivity contribution in [2.24, 2.45) is 10.9 Å². The molecule has 2 rings (SSSR count). The van der Waals surface area contributed by atoms with Gasteiger partial charge in [0.25, 0.3) is 0 Å². The summed E-state index contributed by atoms with van der Waals surface area (Å²) >= 11 is 0. The number of aliphatic carboxylic acids is 2. The van der Waals surface area contributed by atoms with Crippen LogP contribution in [0.1, 0.15) is 31.2 Å². The van der Waals surface area contributed by atoms with Crippen LogP contribution in [0.3, 0.4) is 0 Å². The topological polar surface area (TPSA) is 99.9 Å². The molecule has 0 spiro atoms. The zero-order valence-electron chi connectivity index (χ0n) is 12.6. The maximum Gasteiger partial charge on any atom is 0.433 e. The van der Waals surface area contributed by atoms with Crippen molar-refractivity contribution >= 4 is 17.7 Å². The quantitative estimate of drug-likeness (QED) is 0.880. The number of alkyl halides is 3. The van der Waals surface area contributed by atoms with Crippen molar-refractivity contribution in [1.29, 1.82) is 0 Å². The van der Waals surface area contributed by atoms with Crippen molar-refractivity contribution in [3.05, 3.63) is 40.9 Å². The predicted molar refractivity (Wildman–Crippen MR) is 76.6 cm³/mol. The largest absolute Gasteiger partial charge is 0.481 e. The maximum absolute atomic E-state index is 12.9. The summed E-state index contributed by atoms with van der Waals surface area (Å²) in [6.45, 7) is 2.76. The minimum Gasteiger partial charge on any atom is -0.481 e. The summed E-state index contributed by atoms with van der Waals surface area (Å²) in [5.74, 6) is -5.60. The van der Waals surface area contributed by atoms with Crippen LogP contribution in [0.2, 0.25) is 0 Å². The Morgan fingerprint density at radius 1 is 1.17 bits per heavy atom. The van der Waals surface area contributed by atoms with Crippen molar-refractivity contribution < 1.29 is 33.0 Å². The van der Waals surface area contributed by atoms with Gasteiger partial charge in [-0.25, -0.2) is 9.78 Å². The summed E-state index contributed by atoms with van der Waals surface area (Å²) < 4.78 is 38.6. The summed E-state index contributed by atoms with van der Waals surface area (Å²) in [5.41, 5.74) is -1.72. The Morgan fingerprint density at radius 2 is 1.79 bits per heavy atom. The maximum atomic E-state index is 12.9. The fraction of sp³-hybridized carbons (Fsp3) is 0.333. The van der Waals surface area contributed by atoms with Crippen molar-refractivity contribution in [3.8, 4) is 0 Å². The Labute approximate surface area is 134 Å². The molecule has 0 aliphatic carbocycles. The van der Waals surface area contributed by atoms with Gasteiger partial charge in [0.05, 0.1) is 17.2 Å². The summed E-state index contributed by atoms with van der Waals surface area (Å²) in [4.78, 5) is 30.5. The molecule has 24 heavy (non-hydrogen) atoms. The first-order valence-electron chi connectivity index (χ1n) is 6.80. The Morgan fingerprint density at radius 3 is 2.29 bits per heavy atom. The highest BCUT2D eigenvalue weighted by Gasteiger charge is 2.43. The molecule has 128 valence electrons. The molecule has 0 saturated heterocycles. The molecule has 9 heteroatoms. The van der Waals surface area contributed by atoms with Crippen LogP contribution in [0.25, 0.3) is 0 Å². The lowest BCUT2D eigenvalue weighted by Crippen LogP contribution is -2.35. The molecule has 1 aliphatic heterocycles. The lowest BCUT2D eigenvalue weighted by atomic mass is 9.77. The molecule has 6 nitrogen and oxygen atoms in total. The van der Waals surface area contributed by atoms with E-state index < -0.39 is 35.6 Å². The van der Waals surface area contributed by atoms with Crippen LogP contribution in [0, 0.1) is 5.92 Å². The van der Waals surface area contributed by atoms with E-state index in [0.29, 0.717) is 0 Å². The van der Waals surface area contributed by atoms with E-state index in [4.69, 9.17) is 0 Å². The summed E-state index contributed by atoms with van der Waals surface area (Å²) in [5, 5.41) is 18.8. The number of pyridine rings is 1. The highest BCUT2D eigenvalue weighted by atomic mass is 19.4. The van der Waals surface area contributed by atoms with Gasteiger partial charge >= 0.3 is 18.1 Å². The van der Waals surface area contributed by atoms with E-state index in [2.05, 4.69) is 9.98 Å². The van der Waals surface area contributed by atoms with E-state index in [9.17, 15) is 33.0 Å². The van der Waals surface area contributed by atoms with E-state index >= 15 is 0 Å². The van der Waals surface area contributed by atoms with Gasteiger partial charge in [-0.15, -0.1) is 0 Å². The highest BCUT2D eigenvalue weighted by molar-refractivity contribution is 6.06. The molecular weight excluding hydrogens is 329 g/mol. The first-order valence-corrected chi connectivity index (χ1v) is 6.80. The molecular formula is C15H13F3N2O4. The Bertz CT molecular complexity index is 768. The van der Waals surface area contributed by atoms with E-state index in [1.165, 1.54) is 19.9 Å². The summed E-state index contributed by atoms with van der Waals surface area (Å²) in [6.07, 6.45) is -4.73. The van der Waals surface area contributed by atoms with Crippen LogP contribution in [0.5, 0.6) is 0 Å². The monoisotopic (exact) mass is 342 g/mol. The third-order valence-electron chi connectivity index (χ3n) is 3.70. The Hall–Kier alpha value is -2.71. The van der Waals surface area contributed by atoms with Crippen LogP contribution < -0.4 is 0 Å². The minimum atomic E-state index is -4.73. The van der Waals surface area contributed by atoms with Crippen LogP contribution in [-0.2, 0) is 15.8 Å². The molecule has 2 heterocycles. The average Bonchev–Trinajstić information content (AvgIpc) is 2.44. The molecule has 1 aromatic heterocycles. The third kappa shape index (κ3) is 3.15. The molecule has 2 unspecified atom stereocenters. The number of nitrogens with zero attached hydrogens (tertiary/aromatic N) is 2. The fourth-order valence-electron chi connectivity index (χ4n) is 2.74. The molecule has 2 atom stereocenters. The number of carbonyl (C=O) groups is 2. The van der Waals surface area contributed by atoms with Crippen LogP contribution in [-0.4, -0.2) is 32.8 Å². The number of allylic oxidation sites excluding steroid dienone is 1. The fourth-order valence-corrected chi connectivity index (χ4v) is 2.74. The van der Waals surface area contributed by atoms with Gasteiger partial charge in [-0.2, -0.15) is 13.2 Å². The van der Waals surface area contributed by atoms with E-state index in [1.807, 2.05) is 0 Å². The minimum absolute atomic E-state index is 0.0433. The average molecular weight is 342 g/mol. The molecule has 1 aliphatic rings. The van der Waals surface area contributed by atoms with Gasteiger partial charge in [-0.3, -0.25) is 9.79 Å². The lowest BCUT2D eigenvalue weighted by molar-refractivity contribution is -0.141. The summed E-state index contributed by atoms with van der Waals surface area (Å²) in [7, 11) is 0. The molecule has 0 saturated carbocycles. The van der Waals surface area contributed by atoms with Crippen LogP contribution in [0.4, 0.5) is 13.2 Å². The van der Waals surface area contributed by atoms with Gasteiger partial charge in [0.1, 0.15) is 11.6 Å². The van der Waals surface area contributed by atoms with Crippen molar-refractivity contribution in [2.45, 2.75) is 25.9 Å². The van der Waals surface area contributed by atoms with Gasteiger partial charge in [-0.1, -0.05) is 6.07 Å². The van der Waals surface area contributed by atoms with Crippen LogP contribution in [0.15, 0.2) is 34.5 Å². The smallest absolute Gasteiger partial charge is 0.433 e. The SMILES string of the molecule is CC1=NC(C)=C(C(=O)O)C(c2cccc(C(F)(F)F)n2)C1C(=O)O. The third-order valence-corrected chi connectivity index (χ3v) is 3.70. The molecule has 0 fully saturated rings. The van der Waals surface area contributed by atoms with E-state index in [1.54, 1.807) is 0 Å². The molecule has 0 bridgehead atoms. The standard InChI is InChI=1S/C15H13F3N2O4/c1-6-10(13(21)22)12(11(14(23)24)7(2)19-6)8-4-3-5-9(20-8)15(16,17)18/h3-5,10,12H,1-2H3,(H,21,22)(H,23,24). The van der Waals surface area contributed by atoms with Crippen molar-refractivity contribution in [1.82, 2.24) is 4.98 Å². The van der Waals surface area contributed by atoms with Gasteiger partial charge < -0.3 is 10.2 Å². The second-order valence-electron chi connectivity index (χ2n) is 5.30. The highest BCUT2D eigenvalue weighted by Crippen LogP contribution is 2.39. The number of halogens is 3. The van der Waals surface area contributed by atoms with Crippen LogP contribution >= 0.6 is 0 Å². The van der Waals surface area contributed by atoms with Gasteiger partial charge in [0.2, 0.25) is 0 Å². The van der Waals surface area contributed by atoms with Gasteiger partial charge in [-0.05, 0) is 26.0 Å². The molecule has 1 aromatic rings. The molecule has 2 N–H and O–H groups in total. The van der Waals surface area contributed by atoms with Gasteiger partial charge in [0, 0.05) is 11.4 Å². The first-order chi connectivity index (χ1) is 11.0. The molecule has 0 radical (unpaired) electrons. The number of rotatable bonds is 3. The number of hydrogen-bond donors (Lipinski definition) is 2. The zero-order valence-corrected chi connectivity index (χ0v) is 12.6. The Balaban J connectivity index is 2.69. The van der Waals surface area contributed by atoms with Gasteiger partial charge in [0.15, 0.2) is 0 Å². The van der Waals surface area contributed by atoms with E-state index in [0.717, 1.165) is 12.1 Å². The van der Waals surface area contributed by atoms with E-state index in [-0.39, 0.29) is 22.7 Å². The number of carboxylic acid groups (broad SMARTS) is 2. The molecule has 0 amide bonds. The Kier molecular flexibility index (Phi) is 4.46. The predicted octanol–water partition coefficient (Wildman–Crippen LogP) is 2.72. The lowest BCUT2D eigenvalue weighted by Gasteiger charge is -2.29. The second kappa shape index (κ2) is 6.06. The number of aromatic nitrogens is 1. The number of carboxylic acids is 2. The molecule has 0 aromatic carbocycles. The second-order valence-corrected chi connectivity index (χ2v) is 5.30. The van der Waals surface area contributed by atoms with Crippen molar-refractivity contribution in [2.75, 3.05) is 0 Å². The normalized spacial score (nSPS) is 21.5. The van der Waals surface area contributed by atoms with Crippen molar-refractivity contribution in [3.63, 3.8) is 0 Å². The number of aliphatic imine (C=N–C) groups is 1.